The van der Waals surface area contributed by atoms with Crippen LogP contribution < -0.4 is 15.4 Å². The van der Waals surface area contributed by atoms with Crippen molar-refractivity contribution in [2.75, 3.05) is 27.2 Å². The summed E-state index contributed by atoms with van der Waals surface area (Å²) in [6.45, 7) is 5.38. The first-order chi connectivity index (χ1) is 13.1. The van der Waals surface area contributed by atoms with Crippen molar-refractivity contribution >= 4 is 23.2 Å². The third kappa shape index (κ3) is 7.15. The number of amides is 1. The fourth-order valence-electron chi connectivity index (χ4n) is 2.16. The lowest BCUT2D eigenvalue weighted by Gasteiger charge is -2.15. The number of aliphatic imine (C=N–C) groups is 1. The van der Waals surface area contributed by atoms with E-state index < -0.39 is 0 Å². The number of likely N-dealkylation sites (N-methyl/N-ethyl adjacent to an activating group) is 1. The van der Waals surface area contributed by atoms with Crippen molar-refractivity contribution in [3.63, 3.8) is 0 Å². The third-order valence-corrected chi connectivity index (χ3v) is 4.53. The van der Waals surface area contributed by atoms with Crippen LogP contribution in [0.15, 0.2) is 59.4 Å². The zero-order valence-electron chi connectivity index (χ0n) is 15.8. The van der Waals surface area contributed by atoms with Gasteiger partial charge in [0.05, 0.1) is 19.6 Å². The van der Waals surface area contributed by atoms with Gasteiger partial charge in [0.1, 0.15) is 12.4 Å². The SMILES string of the molecule is C=CCOc1ccccc1CN=C(NCC(=O)N(C)C)NCc1cccs1. The zero-order valence-corrected chi connectivity index (χ0v) is 16.6. The van der Waals surface area contributed by atoms with E-state index in [9.17, 15) is 4.79 Å². The Bertz CT molecular complexity index is 757. The van der Waals surface area contributed by atoms with Crippen molar-refractivity contribution in [3.8, 4) is 5.75 Å². The van der Waals surface area contributed by atoms with E-state index in [0.717, 1.165) is 11.3 Å². The molecule has 2 aromatic rings. The van der Waals surface area contributed by atoms with Gasteiger partial charge < -0.3 is 20.3 Å². The zero-order chi connectivity index (χ0) is 19.5. The van der Waals surface area contributed by atoms with E-state index >= 15 is 0 Å². The molecule has 0 atom stereocenters. The van der Waals surface area contributed by atoms with Gasteiger partial charge in [-0.2, -0.15) is 0 Å². The normalized spacial score (nSPS) is 11.0. The average Bonchev–Trinajstić information content (AvgIpc) is 3.19. The van der Waals surface area contributed by atoms with Gasteiger partial charge in [-0.1, -0.05) is 36.9 Å². The molecule has 0 aliphatic heterocycles. The van der Waals surface area contributed by atoms with E-state index in [0.29, 0.717) is 25.7 Å². The molecule has 0 fully saturated rings. The summed E-state index contributed by atoms with van der Waals surface area (Å²) in [6, 6.07) is 11.8. The largest absolute Gasteiger partial charge is 0.489 e. The fourth-order valence-corrected chi connectivity index (χ4v) is 2.81. The summed E-state index contributed by atoms with van der Waals surface area (Å²) >= 11 is 1.67. The highest BCUT2D eigenvalue weighted by atomic mass is 32.1. The molecule has 144 valence electrons. The second-order valence-corrected chi connectivity index (χ2v) is 6.98. The van der Waals surface area contributed by atoms with E-state index in [1.807, 2.05) is 35.7 Å². The molecule has 6 nitrogen and oxygen atoms in total. The van der Waals surface area contributed by atoms with E-state index in [4.69, 9.17) is 4.74 Å². The number of hydrogen-bond acceptors (Lipinski definition) is 4. The Morgan fingerprint density at radius 2 is 2.07 bits per heavy atom. The van der Waals surface area contributed by atoms with Crippen molar-refractivity contribution in [3.05, 3.63) is 64.9 Å². The molecule has 1 aromatic carbocycles. The van der Waals surface area contributed by atoms with Gasteiger partial charge in [0, 0.05) is 24.5 Å². The number of nitrogens with one attached hydrogen (secondary N) is 2. The standard InChI is InChI=1S/C20H26N4O2S/c1-4-11-26-18-10-6-5-8-16(18)13-21-20(23-15-19(25)24(2)3)22-14-17-9-7-12-27-17/h4-10,12H,1,11,13-15H2,2-3H3,(H2,21,22,23). The number of nitrogens with zero attached hydrogens (tertiary/aromatic N) is 2. The van der Waals surface area contributed by atoms with Crippen molar-refractivity contribution in [1.29, 1.82) is 0 Å². The van der Waals surface area contributed by atoms with E-state index in [-0.39, 0.29) is 12.5 Å². The predicted octanol–water partition coefficient (Wildman–Crippen LogP) is 2.64. The van der Waals surface area contributed by atoms with Crippen LogP contribution in [0.25, 0.3) is 0 Å². The lowest BCUT2D eigenvalue weighted by molar-refractivity contribution is -0.127. The first-order valence-corrected chi connectivity index (χ1v) is 9.54. The van der Waals surface area contributed by atoms with Crippen LogP contribution in [0.2, 0.25) is 0 Å². The fraction of sp³-hybridized carbons (Fsp3) is 0.300. The molecule has 0 aliphatic rings. The molecule has 1 aromatic heterocycles. The topological polar surface area (TPSA) is 66.0 Å². The van der Waals surface area contributed by atoms with E-state index in [2.05, 4.69) is 28.3 Å². The summed E-state index contributed by atoms with van der Waals surface area (Å²) in [5.41, 5.74) is 0.968. The summed E-state index contributed by atoms with van der Waals surface area (Å²) in [5.74, 6) is 1.34. The quantitative estimate of drug-likeness (QED) is 0.395. The van der Waals surface area contributed by atoms with Gasteiger partial charge in [-0.05, 0) is 17.5 Å². The molecule has 0 saturated carbocycles. The van der Waals surface area contributed by atoms with Crippen molar-refractivity contribution in [1.82, 2.24) is 15.5 Å². The monoisotopic (exact) mass is 386 g/mol. The summed E-state index contributed by atoms with van der Waals surface area (Å²) in [7, 11) is 3.46. The minimum atomic E-state index is -0.0182. The molecule has 1 amide bonds. The number of para-hydroxylation sites is 1. The maximum Gasteiger partial charge on any atom is 0.241 e. The van der Waals surface area contributed by atoms with Gasteiger partial charge in [-0.3, -0.25) is 4.79 Å². The Kier molecular flexibility index (Phi) is 8.38. The molecular weight excluding hydrogens is 360 g/mol. The molecule has 27 heavy (non-hydrogen) atoms. The van der Waals surface area contributed by atoms with Crippen molar-refractivity contribution in [2.24, 2.45) is 4.99 Å². The number of hydrogen-bond donors (Lipinski definition) is 2. The molecule has 0 spiro atoms. The Morgan fingerprint density at radius 1 is 1.26 bits per heavy atom. The number of thiophene rings is 1. The van der Waals surface area contributed by atoms with Gasteiger partial charge in [0.25, 0.3) is 0 Å². The Hall–Kier alpha value is -2.80. The maximum absolute atomic E-state index is 11.9. The van der Waals surface area contributed by atoms with Crippen LogP contribution in [0.1, 0.15) is 10.4 Å². The Balaban J connectivity index is 2.06. The molecule has 0 unspecified atom stereocenters. The molecule has 0 bridgehead atoms. The average molecular weight is 387 g/mol. The molecule has 0 aliphatic carbocycles. The first-order valence-electron chi connectivity index (χ1n) is 8.66. The van der Waals surface area contributed by atoms with Crippen LogP contribution in [0, 0.1) is 0 Å². The molecular formula is C20H26N4O2S. The molecule has 0 saturated heterocycles. The highest BCUT2D eigenvalue weighted by molar-refractivity contribution is 7.09. The summed E-state index contributed by atoms with van der Waals surface area (Å²) in [6.07, 6.45) is 1.71. The third-order valence-electron chi connectivity index (χ3n) is 3.65. The van der Waals surface area contributed by atoms with Crippen LogP contribution in [0.3, 0.4) is 0 Å². The second-order valence-electron chi connectivity index (χ2n) is 5.95. The maximum atomic E-state index is 11.9. The lowest BCUT2D eigenvalue weighted by Crippen LogP contribution is -2.42. The second kappa shape index (κ2) is 11.0. The number of rotatable bonds is 9. The van der Waals surface area contributed by atoms with Gasteiger partial charge in [-0.25, -0.2) is 4.99 Å². The molecule has 0 radical (unpaired) electrons. The van der Waals surface area contributed by atoms with Gasteiger partial charge in [0.2, 0.25) is 5.91 Å². The smallest absolute Gasteiger partial charge is 0.241 e. The minimum absolute atomic E-state index is 0.0182. The highest BCUT2D eigenvalue weighted by Gasteiger charge is 2.07. The molecule has 1 heterocycles. The number of carbonyl (C=O) groups excluding carboxylic acids is 1. The van der Waals surface area contributed by atoms with Crippen LogP contribution in [-0.4, -0.2) is 44.0 Å². The van der Waals surface area contributed by atoms with Crippen LogP contribution in [0.4, 0.5) is 0 Å². The first kappa shape index (κ1) is 20.5. The molecule has 7 heteroatoms. The number of guanidine groups is 1. The van der Waals surface area contributed by atoms with Gasteiger partial charge >= 0.3 is 0 Å². The predicted molar refractivity (Wildman–Crippen MR) is 111 cm³/mol. The van der Waals surface area contributed by atoms with Crippen LogP contribution >= 0.6 is 11.3 Å². The van der Waals surface area contributed by atoms with E-state index in [1.165, 1.54) is 4.88 Å². The summed E-state index contributed by atoms with van der Waals surface area (Å²) in [5, 5.41) is 8.39. The van der Waals surface area contributed by atoms with Crippen molar-refractivity contribution in [2.45, 2.75) is 13.1 Å². The summed E-state index contributed by atoms with van der Waals surface area (Å²) in [4.78, 5) is 19.2. The molecule has 2 rings (SSSR count). The van der Waals surface area contributed by atoms with Gasteiger partial charge in [-0.15, -0.1) is 11.3 Å². The van der Waals surface area contributed by atoms with Crippen LogP contribution in [-0.2, 0) is 17.9 Å². The minimum Gasteiger partial charge on any atom is -0.489 e. The Labute approximate surface area is 164 Å². The number of benzene rings is 1. The highest BCUT2D eigenvalue weighted by Crippen LogP contribution is 2.18. The number of carbonyl (C=O) groups is 1. The van der Waals surface area contributed by atoms with Crippen LogP contribution in [0.5, 0.6) is 5.75 Å². The summed E-state index contributed by atoms with van der Waals surface area (Å²) < 4.78 is 5.68. The van der Waals surface area contributed by atoms with Crippen molar-refractivity contribution < 1.29 is 9.53 Å². The lowest BCUT2D eigenvalue weighted by atomic mass is 10.2. The molecule has 2 N–H and O–H groups in total. The Morgan fingerprint density at radius 3 is 2.78 bits per heavy atom. The number of ether oxygens (including phenoxy) is 1. The van der Waals surface area contributed by atoms with E-state index in [1.54, 1.807) is 36.4 Å². The van der Waals surface area contributed by atoms with Gasteiger partial charge in [0.15, 0.2) is 5.96 Å².